The fourth-order valence-electron chi connectivity index (χ4n) is 1.75. The summed E-state index contributed by atoms with van der Waals surface area (Å²) in [4.78, 5) is 0. The molecule has 0 unspecified atom stereocenters. The highest BCUT2D eigenvalue weighted by molar-refractivity contribution is 5.71. The van der Waals surface area contributed by atoms with Crippen molar-refractivity contribution in [3.8, 4) is 5.75 Å². The number of alkyl halides is 3. The van der Waals surface area contributed by atoms with Crippen LogP contribution >= 0.6 is 0 Å². The Hall–Kier alpha value is -1.91. The first-order valence-corrected chi connectivity index (χ1v) is 5.41. The summed E-state index contributed by atoms with van der Waals surface area (Å²) in [6.07, 6.45) is -0.757. The van der Waals surface area contributed by atoms with Crippen molar-refractivity contribution in [2.24, 2.45) is 0 Å². The molecule has 18 heavy (non-hydrogen) atoms. The van der Waals surface area contributed by atoms with Gasteiger partial charge in [-0.15, -0.1) is 13.2 Å². The molecule has 2 rings (SSSR count). The van der Waals surface area contributed by atoms with E-state index in [4.69, 9.17) is 0 Å². The predicted octanol–water partition coefficient (Wildman–Crippen LogP) is 3.48. The second kappa shape index (κ2) is 4.76. The lowest BCUT2D eigenvalue weighted by Gasteiger charge is -2.14. The van der Waals surface area contributed by atoms with Crippen LogP contribution < -0.4 is 10.1 Å². The maximum absolute atomic E-state index is 12.0. The molecule has 1 aromatic rings. The minimum absolute atomic E-state index is 0.206. The van der Waals surface area contributed by atoms with Gasteiger partial charge in [0.05, 0.1) is 0 Å². The van der Waals surface area contributed by atoms with E-state index in [-0.39, 0.29) is 5.75 Å². The number of nitrogens with one attached hydrogen (secondary N) is 1. The Bertz CT molecular complexity index is 486. The number of allylic oxidation sites excluding steroid dienone is 2. The van der Waals surface area contributed by atoms with Crippen LogP contribution in [0.25, 0.3) is 5.57 Å². The number of dihydropyridines is 1. The fraction of sp³-hybridized carbons (Fsp3) is 0.231. The van der Waals surface area contributed by atoms with Gasteiger partial charge in [0.25, 0.3) is 0 Å². The molecule has 0 radical (unpaired) electrons. The first kappa shape index (κ1) is 12.5. The zero-order chi connectivity index (χ0) is 13.2. The van der Waals surface area contributed by atoms with E-state index in [1.54, 1.807) is 12.1 Å². The molecule has 0 aliphatic carbocycles. The van der Waals surface area contributed by atoms with E-state index in [0.29, 0.717) is 6.54 Å². The average molecular weight is 255 g/mol. The third kappa shape index (κ3) is 3.29. The molecule has 0 atom stereocenters. The SMILES string of the molecule is CC1=CNCC(c2ccc(OC(F)(F)F)cc2)=C1. The normalized spacial score (nSPS) is 15.6. The Morgan fingerprint density at radius 2 is 1.83 bits per heavy atom. The molecule has 0 saturated heterocycles. The third-order valence-corrected chi connectivity index (χ3v) is 2.48. The third-order valence-electron chi connectivity index (χ3n) is 2.48. The number of halogens is 3. The van der Waals surface area contributed by atoms with E-state index >= 15 is 0 Å². The Morgan fingerprint density at radius 1 is 1.17 bits per heavy atom. The first-order valence-electron chi connectivity index (χ1n) is 5.41. The molecule has 0 saturated carbocycles. The van der Waals surface area contributed by atoms with E-state index in [0.717, 1.165) is 16.7 Å². The number of hydrogen-bond acceptors (Lipinski definition) is 2. The molecule has 0 amide bonds. The van der Waals surface area contributed by atoms with Crippen LogP contribution in [0.3, 0.4) is 0 Å². The van der Waals surface area contributed by atoms with Gasteiger partial charge in [-0.3, -0.25) is 0 Å². The van der Waals surface area contributed by atoms with Gasteiger partial charge in [-0.05, 0) is 42.0 Å². The van der Waals surface area contributed by atoms with Crippen molar-refractivity contribution in [3.05, 3.63) is 47.7 Å². The van der Waals surface area contributed by atoms with Crippen LogP contribution in [0, 0.1) is 0 Å². The smallest absolute Gasteiger partial charge is 0.406 e. The maximum atomic E-state index is 12.0. The monoisotopic (exact) mass is 255 g/mol. The van der Waals surface area contributed by atoms with E-state index in [2.05, 4.69) is 10.1 Å². The highest BCUT2D eigenvalue weighted by Crippen LogP contribution is 2.25. The minimum Gasteiger partial charge on any atom is -0.406 e. The number of ether oxygens (including phenoxy) is 1. The summed E-state index contributed by atoms with van der Waals surface area (Å²) in [7, 11) is 0. The van der Waals surface area contributed by atoms with E-state index in [1.807, 2.05) is 19.2 Å². The number of hydrogen-bond donors (Lipinski definition) is 1. The quantitative estimate of drug-likeness (QED) is 0.873. The minimum atomic E-state index is -4.65. The topological polar surface area (TPSA) is 21.3 Å². The van der Waals surface area contributed by atoms with Gasteiger partial charge in [0.15, 0.2) is 0 Å². The largest absolute Gasteiger partial charge is 0.573 e. The molecule has 1 N–H and O–H groups in total. The summed E-state index contributed by atoms with van der Waals surface area (Å²) >= 11 is 0. The van der Waals surface area contributed by atoms with E-state index in [1.165, 1.54) is 12.1 Å². The zero-order valence-corrected chi connectivity index (χ0v) is 9.71. The van der Waals surface area contributed by atoms with Gasteiger partial charge in [-0.2, -0.15) is 0 Å². The second-order valence-corrected chi connectivity index (χ2v) is 4.01. The van der Waals surface area contributed by atoms with Crippen molar-refractivity contribution < 1.29 is 17.9 Å². The van der Waals surface area contributed by atoms with Crippen LogP contribution in [0.5, 0.6) is 5.75 Å². The van der Waals surface area contributed by atoms with Crippen LogP contribution in [-0.4, -0.2) is 12.9 Å². The molecule has 1 heterocycles. The van der Waals surface area contributed by atoms with Crippen molar-refractivity contribution in [2.75, 3.05) is 6.54 Å². The van der Waals surface area contributed by atoms with Crippen LogP contribution in [-0.2, 0) is 0 Å². The van der Waals surface area contributed by atoms with Crippen LogP contribution in [0.4, 0.5) is 13.2 Å². The lowest BCUT2D eigenvalue weighted by atomic mass is 10.0. The fourth-order valence-corrected chi connectivity index (χ4v) is 1.75. The molecule has 96 valence electrons. The van der Waals surface area contributed by atoms with Gasteiger partial charge < -0.3 is 10.1 Å². The molecule has 0 fully saturated rings. The Balaban J connectivity index is 2.15. The van der Waals surface area contributed by atoms with Crippen LogP contribution in [0.2, 0.25) is 0 Å². The summed E-state index contributed by atoms with van der Waals surface area (Å²) in [5, 5.41) is 3.09. The van der Waals surface area contributed by atoms with Gasteiger partial charge in [0.2, 0.25) is 0 Å². The second-order valence-electron chi connectivity index (χ2n) is 4.01. The summed E-state index contributed by atoms with van der Waals surface area (Å²) in [5.74, 6) is -0.206. The maximum Gasteiger partial charge on any atom is 0.573 e. The average Bonchev–Trinajstić information content (AvgIpc) is 2.28. The molecular formula is C13H12F3NO. The van der Waals surface area contributed by atoms with Gasteiger partial charge in [0, 0.05) is 6.54 Å². The summed E-state index contributed by atoms with van der Waals surface area (Å²) in [6.45, 7) is 2.62. The van der Waals surface area contributed by atoms with Crippen molar-refractivity contribution in [2.45, 2.75) is 13.3 Å². The van der Waals surface area contributed by atoms with Gasteiger partial charge in [-0.25, -0.2) is 0 Å². The number of rotatable bonds is 2. The summed E-state index contributed by atoms with van der Waals surface area (Å²) in [5.41, 5.74) is 2.99. The van der Waals surface area contributed by atoms with Gasteiger partial charge >= 0.3 is 6.36 Å². The Kier molecular flexibility index (Phi) is 3.32. The van der Waals surface area contributed by atoms with Gasteiger partial charge in [0.1, 0.15) is 5.75 Å². The lowest BCUT2D eigenvalue weighted by molar-refractivity contribution is -0.274. The number of benzene rings is 1. The van der Waals surface area contributed by atoms with Crippen molar-refractivity contribution in [1.82, 2.24) is 5.32 Å². The molecule has 5 heteroatoms. The van der Waals surface area contributed by atoms with Crippen LogP contribution in [0.1, 0.15) is 12.5 Å². The molecular weight excluding hydrogens is 243 g/mol. The summed E-state index contributed by atoms with van der Waals surface area (Å²) < 4.78 is 39.8. The highest BCUT2D eigenvalue weighted by Gasteiger charge is 2.30. The molecule has 0 spiro atoms. The van der Waals surface area contributed by atoms with Crippen molar-refractivity contribution in [1.29, 1.82) is 0 Å². The van der Waals surface area contributed by atoms with Crippen molar-refractivity contribution in [3.63, 3.8) is 0 Å². The van der Waals surface area contributed by atoms with E-state index in [9.17, 15) is 13.2 Å². The zero-order valence-electron chi connectivity index (χ0n) is 9.71. The molecule has 1 aromatic carbocycles. The van der Waals surface area contributed by atoms with Gasteiger partial charge in [-0.1, -0.05) is 18.2 Å². The molecule has 0 bridgehead atoms. The Labute approximate surface area is 103 Å². The Morgan fingerprint density at radius 3 is 2.39 bits per heavy atom. The molecule has 2 nitrogen and oxygen atoms in total. The highest BCUT2D eigenvalue weighted by atomic mass is 19.4. The van der Waals surface area contributed by atoms with E-state index < -0.39 is 6.36 Å². The lowest BCUT2D eigenvalue weighted by Crippen LogP contribution is -2.17. The molecule has 0 aromatic heterocycles. The van der Waals surface area contributed by atoms with Crippen LogP contribution in [0.15, 0.2) is 42.1 Å². The molecule has 1 aliphatic rings. The molecule has 1 aliphatic heterocycles. The van der Waals surface area contributed by atoms with Crippen molar-refractivity contribution >= 4 is 5.57 Å². The summed E-state index contributed by atoms with van der Waals surface area (Å²) in [6, 6.07) is 5.87. The standard InChI is InChI=1S/C13H12F3NO/c1-9-6-11(8-17-7-9)10-2-4-12(5-3-10)18-13(14,15)16/h2-7,17H,8H2,1H3. The predicted molar refractivity (Wildman–Crippen MR) is 62.9 cm³/mol. The first-order chi connectivity index (χ1) is 8.44.